The van der Waals surface area contributed by atoms with Crippen LogP contribution in [0, 0.1) is 5.92 Å². The maximum atomic E-state index is 12.4. The quantitative estimate of drug-likeness (QED) is 0.923. The minimum Gasteiger partial charge on any atom is -0.467 e. The molecule has 2 amide bonds. The number of hydrogen-bond donors (Lipinski definition) is 1. The van der Waals surface area contributed by atoms with Gasteiger partial charge in [-0.1, -0.05) is 6.07 Å². The minimum absolute atomic E-state index is 0.0357. The number of carbonyl (C=O) groups excluding carboxylic acids is 2. The molecule has 1 N–H and O–H groups in total. The average Bonchev–Trinajstić information content (AvgIpc) is 3.25. The van der Waals surface area contributed by atoms with Crippen molar-refractivity contribution in [1.29, 1.82) is 0 Å². The highest BCUT2D eigenvalue weighted by Gasteiger charge is 2.29. The van der Waals surface area contributed by atoms with Crippen LogP contribution in [0.4, 0.5) is 5.69 Å². The van der Waals surface area contributed by atoms with E-state index in [9.17, 15) is 9.59 Å². The highest BCUT2D eigenvalue weighted by molar-refractivity contribution is 5.98. The molecule has 0 bridgehead atoms. The highest BCUT2D eigenvalue weighted by Crippen LogP contribution is 2.30. The van der Waals surface area contributed by atoms with Crippen molar-refractivity contribution in [2.24, 2.45) is 5.92 Å². The summed E-state index contributed by atoms with van der Waals surface area (Å²) in [6, 6.07) is 10.6. The van der Waals surface area contributed by atoms with Gasteiger partial charge in [-0.05, 0) is 43.2 Å². The lowest BCUT2D eigenvalue weighted by Crippen LogP contribution is -2.26. The molecule has 1 aliphatic carbocycles. The maximum Gasteiger partial charge on any atom is 0.254 e. The number of nitrogens with zero attached hydrogens (tertiary/aromatic N) is 1. The minimum atomic E-state index is -0.112. The van der Waals surface area contributed by atoms with Gasteiger partial charge in [0.15, 0.2) is 0 Å². The Balaban J connectivity index is 1.67. The molecule has 0 radical (unpaired) electrons. The van der Waals surface area contributed by atoms with E-state index in [0.717, 1.165) is 18.6 Å². The molecule has 1 saturated carbocycles. The second kappa shape index (κ2) is 6.05. The third-order valence-electron chi connectivity index (χ3n) is 3.65. The van der Waals surface area contributed by atoms with Gasteiger partial charge in [0, 0.05) is 24.2 Å². The number of benzene rings is 1. The first kappa shape index (κ1) is 14.4. The number of amides is 2. The van der Waals surface area contributed by atoms with Gasteiger partial charge in [-0.25, -0.2) is 0 Å². The number of hydrogen-bond acceptors (Lipinski definition) is 3. The summed E-state index contributed by atoms with van der Waals surface area (Å²) in [7, 11) is 1.72. The van der Waals surface area contributed by atoms with E-state index in [1.165, 1.54) is 0 Å². The summed E-state index contributed by atoms with van der Waals surface area (Å²) >= 11 is 0. The summed E-state index contributed by atoms with van der Waals surface area (Å²) in [6.45, 7) is 0.407. The predicted octanol–water partition coefficient (Wildman–Crippen LogP) is 2.90. The molecule has 0 atom stereocenters. The molecule has 114 valence electrons. The van der Waals surface area contributed by atoms with Crippen molar-refractivity contribution >= 4 is 17.5 Å². The predicted molar refractivity (Wildman–Crippen MR) is 82.3 cm³/mol. The van der Waals surface area contributed by atoms with Gasteiger partial charge < -0.3 is 14.6 Å². The van der Waals surface area contributed by atoms with Crippen molar-refractivity contribution in [2.75, 3.05) is 12.4 Å². The van der Waals surface area contributed by atoms with Crippen LogP contribution in [0.2, 0.25) is 0 Å². The SMILES string of the molecule is CN(Cc1ccco1)C(=O)c1cccc(NC(=O)C2CC2)c1. The van der Waals surface area contributed by atoms with Gasteiger partial charge in [0.25, 0.3) is 5.91 Å². The fraction of sp³-hybridized carbons (Fsp3) is 0.294. The number of carbonyl (C=O) groups is 2. The van der Waals surface area contributed by atoms with Crippen LogP contribution < -0.4 is 5.32 Å². The molecule has 0 spiro atoms. The summed E-state index contributed by atoms with van der Waals surface area (Å²) in [5.74, 6) is 0.794. The van der Waals surface area contributed by atoms with Crippen molar-refractivity contribution in [3.63, 3.8) is 0 Å². The van der Waals surface area contributed by atoms with Gasteiger partial charge in [-0.15, -0.1) is 0 Å². The summed E-state index contributed by atoms with van der Waals surface area (Å²) in [5, 5.41) is 2.86. The van der Waals surface area contributed by atoms with Gasteiger partial charge in [0.1, 0.15) is 5.76 Å². The van der Waals surface area contributed by atoms with Crippen LogP contribution in [-0.2, 0) is 11.3 Å². The first-order valence-corrected chi connectivity index (χ1v) is 7.32. The van der Waals surface area contributed by atoms with E-state index in [0.29, 0.717) is 17.8 Å². The van der Waals surface area contributed by atoms with E-state index in [1.54, 1.807) is 48.5 Å². The zero-order valence-electron chi connectivity index (χ0n) is 12.4. The smallest absolute Gasteiger partial charge is 0.254 e. The molecule has 1 aromatic carbocycles. The Morgan fingerprint density at radius 3 is 2.77 bits per heavy atom. The lowest BCUT2D eigenvalue weighted by Gasteiger charge is -2.16. The molecule has 0 unspecified atom stereocenters. The van der Waals surface area contributed by atoms with Gasteiger partial charge in [-0.3, -0.25) is 9.59 Å². The van der Waals surface area contributed by atoms with Crippen LogP contribution in [-0.4, -0.2) is 23.8 Å². The fourth-order valence-electron chi connectivity index (χ4n) is 2.25. The van der Waals surface area contributed by atoms with Crippen LogP contribution >= 0.6 is 0 Å². The van der Waals surface area contributed by atoms with Gasteiger partial charge in [-0.2, -0.15) is 0 Å². The lowest BCUT2D eigenvalue weighted by atomic mass is 10.1. The largest absolute Gasteiger partial charge is 0.467 e. The summed E-state index contributed by atoms with van der Waals surface area (Å²) in [6.07, 6.45) is 3.49. The molecule has 0 saturated heterocycles. The van der Waals surface area contributed by atoms with Crippen molar-refractivity contribution in [1.82, 2.24) is 4.90 Å². The summed E-state index contributed by atoms with van der Waals surface area (Å²) < 4.78 is 5.25. The third-order valence-corrected chi connectivity index (χ3v) is 3.65. The highest BCUT2D eigenvalue weighted by atomic mass is 16.3. The fourth-order valence-corrected chi connectivity index (χ4v) is 2.25. The Hall–Kier alpha value is -2.56. The average molecular weight is 298 g/mol. The molecule has 1 aromatic heterocycles. The van der Waals surface area contributed by atoms with E-state index < -0.39 is 0 Å². The first-order valence-electron chi connectivity index (χ1n) is 7.32. The first-order chi connectivity index (χ1) is 10.6. The van der Waals surface area contributed by atoms with Crippen LogP contribution in [0.3, 0.4) is 0 Å². The van der Waals surface area contributed by atoms with Crippen LogP contribution in [0.1, 0.15) is 29.0 Å². The zero-order chi connectivity index (χ0) is 15.5. The number of nitrogens with one attached hydrogen (secondary N) is 1. The maximum absolute atomic E-state index is 12.4. The molecule has 5 nitrogen and oxygen atoms in total. The number of furan rings is 1. The molecule has 22 heavy (non-hydrogen) atoms. The molecule has 2 aromatic rings. The molecule has 1 heterocycles. The van der Waals surface area contributed by atoms with Crippen molar-refractivity contribution in [2.45, 2.75) is 19.4 Å². The molecule has 5 heteroatoms. The normalized spacial score (nSPS) is 13.7. The Morgan fingerprint density at radius 2 is 2.09 bits per heavy atom. The van der Waals surface area contributed by atoms with E-state index in [4.69, 9.17) is 4.42 Å². The van der Waals surface area contributed by atoms with E-state index in [-0.39, 0.29) is 17.7 Å². The van der Waals surface area contributed by atoms with Crippen molar-refractivity contribution < 1.29 is 14.0 Å². The standard InChI is InChI=1S/C17H18N2O3/c1-19(11-15-6-3-9-22-15)17(21)13-4-2-5-14(10-13)18-16(20)12-7-8-12/h2-6,9-10,12H,7-8,11H2,1H3,(H,18,20). The third kappa shape index (κ3) is 3.36. The molecule has 1 aliphatic rings. The van der Waals surface area contributed by atoms with Gasteiger partial charge in [0.05, 0.1) is 12.8 Å². The van der Waals surface area contributed by atoms with Crippen LogP contribution in [0.15, 0.2) is 47.1 Å². The van der Waals surface area contributed by atoms with Crippen LogP contribution in [0.25, 0.3) is 0 Å². The molecular formula is C17H18N2O3. The van der Waals surface area contributed by atoms with Crippen molar-refractivity contribution in [3.8, 4) is 0 Å². The monoisotopic (exact) mass is 298 g/mol. The summed E-state index contributed by atoms with van der Waals surface area (Å²) in [5.41, 5.74) is 1.21. The number of rotatable bonds is 5. The Bertz CT molecular complexity index is 675. The zero-order valence-corrected chi connectivity index (χ0v) is 12.4. The molecule has 1 fully saturated rings. The second-order valence-electron chi connectivity index (χ2n) is 5.58. The second-order valence-corrected chi connectivity index (χ2v) is 5.58. The summed E-state index contributed by atoms with van der Waals surface area (Å²) in [4.78, 5) is 25.8. The Kier molecular flexibility index (Phi) is 3.96. The topological polar surface area (TPSA) is 62.6 Å². The number of anilines is 1. The van der Waals surface area contributed by atoms with Crippen molar-refractivity contribution in [3.05, 3.63) is 54.0 Å². The van der Waals surface area contributed by atoms with E-state index in [1.807, 2.05) is 6.07 Å². The molecular weight excluding hydrogens is 280 g/mol. The van der Waals surface area contributed by atoms with Gasteiger partial charge in [0.2, 0.25) is 5.91 Å². The molecule has 0 aliphatic heterocycles. The lowest BCUT2D eigenvalue weighted by molar-refractivity contribution is -0.117. The Labute approximate surface area is 128 Å². The van der Waals surface area contributed by atoms with E-state index in [2.05, 4.69) is 5.32 Å². The van der Waals surface area contributed by atoms with Crippen LogP contribution in [0.5, 0.6) is 0 Å². The van der Waals surface area contributed by atoms with E-state index >= 15 is 0 Å². The molecule has 3 rings (SSSR count). The van der Waals surface area contributed by atoms with Gasteiger partial charge >= 0.3 is 0 Å². The Morgan fingerprint density at radius 1 is 1.27 bits per heavy atom.